The first-order chi connectivity index (χ1) is 8.54. The van der Waals surface area contributed by atoms with Crippen molar-refractivity contribution in [3.05, 3.63) is 35.5 Å². The molecule has 1 aromatic carbocycles. The molecule has 0 aliphatic rings. The van der Waals surface area contributed by atoms with Crippen LogP contribution in [-0.4, -0.2) is 17.9 Å². The molecule has 0 spiro atoms. The van der Waals surface area contributed by atoms with Crippen molar-refractivity contribution in [2.24, 2.45) is 0 Å². The van der Waals surface area contributed by atoms with Crippen molar-refractivity contribution in [1.82, 2.24) is 4.98 Å². The first-order valence-electron chi connectivity index (χ1n) is 6.03. The number of benzene rings is 1. The van der Waals surface area contributed by atoms with Gasteiger partial charge in [0.25, 0.3) is 0 Å². The van der Waals surface area contributed by atoms with Crippen LogP contribution >= 0.6 is 0 Å². The quantitative estimate of drug-likeness (QED) is 0.773. The predicted molar refractivity (Wildman–Crippen MR) is 72.4 cm³/mol. The summed E-state index contributed by atoms with van der Waals surface area (Å²) in [4.78, 5) is 16.4. The summed E-state index contributed by atoms with van der Waals surface area (Å²) in [5.74, 6) is 1.03. The topological polar surface area (TPSA) is 39.2 Å². The second-order valence-corrected chi connectivity index (χ2v) is 4.66. The molecule has 0 N–H and O–H groups in total. The molecule has 0 bridgehead atoms. The number of para-hydroxylation sites is 1. The van der Waals surface area contributed by atoms with E-state index in [0.29, 0.717) is 11.3 Å². The maximum Gasteiger partial charge on any atom is 0.160 e. The number of fused-ring (bicyclic) bond motifs is 1. The molecule has 2 aromatic rings. The van der Waals surface area contributed by atoms with Crippen molar-refractivity contribution in [3.8, 4) is 5.75 Å². The van der Waals surface area contributed by atoms with Crippen LogP contribution in [0.4, 0.5) is 0 Å². The highest BCUT2D eigenvalue weighted by molar-refractivity contribution is 6.07. The molecule has 0 fully saturated rings. The predicted octanol–water partition coefficient (Wildman–Crippen LogP) is 3.57. The van der Waals surface area contributed by atoms with Gasteiger partial charge < -0.3 is 4.74 Å². The maximum atomic E-state index is 11.8. The zero-order valence-corrected chi connectivity index (χ0v) is 11.2. The standard InChI is InChI=1S/C15H17NO2/c1-9(2)13-8-12(10(3)17)11-6-5-7-14(18-4)15(11)16-13/h5-9H,1-4H3. The highest BCUT2D eigenvalue weighted by Gasteiger charge is 2.14. The van der Waals surface area contributed by atoms with Crippen molar-refractivity contribution in [2.45, 2.75) is 26.7 Å². The molecule has 94 valence electrons. The van der Waals surface area contributed by atoms with E-state index in [1.54, 1.807) is 14.0 Å². The van der Waals surface area contributed by atoms with Gasteiger partial charge in [-0.2, -0.15) is 0 Å². The van der Waals surface area contributed by atoms with E-state index in [1.165, 1.54) is 0 Å². The second-order valence-electron chi connectivity index (χ2n) is 4.66. The average molecular weight is 243 g/mol. The lowest BCUT2D eigenvalue weighted by molar-refractivity contribution is 0.101. The number of ketones is 1. The van der Waals surface area contributed by atoms with Crippen LogP contribution in [0.25, 0.3) is 10.9 Å². The number of aromatic nitrogens is 1. The van der Waals surface area contributed by atoms with E-state index in [-0.39, 0.29) is 11.7 Å². The van der Waals surface area contributed by atoms with Gasteiger partial charge in [-0.15, -0.1) is 0 Å². The van der Waals surface area contributed by atoms with Crippen molar-refractivity contribution >= 4 is 16.7 Å². The molecule has 1 heterocycles. The first-order valence-corrected chi connectivity index (χ1v) is 6.03. The smallest absolute Gasteiger partial charge is 0.160 e. The highest BCUT2D eigenvalue weighted by atomic mass is 16.5. The van der Waals surface area contributed by atoms with E-state index in [2.05, 4.69) is 18.8 Å². The van der Waals surface area contributed by atoms with Crippen LogP contribution in [-0.2, 0) is 0 Å². The van der Waals surface area contributed by atoms with E-state index in [4.69, 9.17) is 4.74 Å². The van der Waals surface area contributed by atoms with Gasteiger partial charge in [-0.25, -0.2) is 4.98 Å². The summed E-state index contributed by atoms with van der Waals surface area (Å²) in [5.41, 5.74) is 2.39. The third-order valence-corrected chi connectivity index (χ3v) is 3.01. The number of ether oxygens (including phenoxy) is 1. The molecule has 0 radical (unpaired) electrons. The largest absolute Gasteiger partial charge is 0.494 e. The normalized spacial score (nSPS) is 10.9. The summed E-state index contributed by atoms with van der Waals surface area (Å²) in [6, 6.07) is 7.54. The van der Waals surface area contributed by atoms with Gasteiger partial charge in [0.2, 0.25) is 0 Å². The van der Waals surface area contributed by atoms with Crippen LogP contribution < -0.4 is 4.74 Å². The van der Waals surface area contributed by atoms with E-state index in [0.717, 1.165) is 16.6 Å². The Labute approximate surface area is 107 Å². The first kappa shape index (κ1) is 12.6. The molecule has 3 heteroatoms. The zero-order valence-electron chi connectivity index (χ0n) is 11.2. The second kappa shape index (κ2) is 4.77. The lowest BCUT2D eigenvalue weighted by Crippen LogP contribution is -2.02. The maximum absolute atomic E-state index is 11.8. The number of carbonyl (C=O) groups is 1. The number of methoxy groups -OCH3 is 1. The number of pyridine rings is 1. The van der Waals surface area contributed by atoms with Crippen molar-refractivity contribution in [1.29, 1.82) is 0 Å². The Hall–Kier alpha value is -1.90. The minimum Gasteiger partial charge on any atom is -0.494 e. The molecule has 0 unspecified atom stereocenters. The number of carbonyl (C=O) groups excluding carboxylic acids is 1. The van der Waals surface area contributed by atoms with Crippen LogP contribution in [0.2, 0.25) is 0 Å². The molecule has 1 aromatic heterocycles. The molecular weight excluding hydrogens is 226 g/mol. The molecule has 0 atom stereocenters. The number of rotatable bonds is 3. The average Bonchev–Trinajstić information content (AvgIpc) is 2.36. The number of hydrogen-bond acceptors (Lipinski definition) is 3. The summed E-state index contributed by atoms with van der Waals surface area (Å²) >= 11 is 0. The van der Waals surface area contributed by atoms with Gasteiger partial charge in [0, 0.05) is 16.6 Å². The Kier molecular flexibility index (Phi) is 3.32. The summed E-state index contributed by atoms with van der Waals surface area (Å²) < 4.78 is 5.32. The van der Waals surface area contributed by atoms with E-state index < -0.39 is 0 Å². The van der Waals surface area contributed by atoms with Gasteiger partial charge >= 0.3 is 0 Å². The number of hydrogen-bond donors (Lipinski definition) is 0. The summed E-state index contributed by atoms with van der Waals surface area (Å²) in [6.07, 6.45) is 0. The highest BCUT2D eigenvalue weighted by Crippen LogP contribution is 2.29. The third kappa shape index (κ3) is 2.08. The Morgan fingerprint density at radius 2 is 2.06 bits per heavy atom. The van der Waals surface area contributed by atoms with Crippen LogP contribution in [0.1, 0.15) is 42.7 Å². The minimum atomic E-state index is 0.0533. The summed E-state index contributed by atoms with van der Waals surface area (Å²) in [5, 5.41) is 0.853. The van der Waals surface area contributed by atoms with Crippen molar-refractivity contribution in [2.75, 3.05) is 7.11 Å². The van der Waals surface area contributed by atoms with E-state index in [1.807, 2.05) is 24.3 Å². The fraction of sp³-hybridized carbons (Fsp3) is 0.333. The van der Waals surface area contributed by atoms with Crippen LogP contribution in [0.15, 0.2) is 24.3 Å². The Balaban J connectivity index is 2.85. The van der Waals surface area contributed by atoms with Gasteiger partial charge in [-0.1, -0.05) is 26.0 Å². The minimum absolute atomic E-state index is 0.0533. The van der Waals surface area contributed by atoms with Gasteiger partial charge in [0.05, 0.1) is 7.11 Å². The fourth-order valence-corrected chi connectivity index (χ4v) is 1.99. The zero-order chi connectivity index (χ0) is 13.3. The van der Waals surface area contributed by atoms with Gasteiger partial charge in [-0.05, 0) is 25.0 Å². The van der Waals surface area contributed by atoms with Crippen LogP contribution in [0.3, 0.4) is 0 Å². The Morgan fingerprint density at radius 1 is 1.33 bits per heavy atom. The summed E-state index contributed by atoms with van der Waals surface area (Å²) in [6.45, 7) is 5.71. The molecule has 3 nitrogen and oxygen atoms in total. The molecule has 0 aliphatic carbocycles. The third-order valence-electron chi connectivity index (χ3n) is 3.01. The van der Waals surface area contributed by atoms with E-state index in [9.17, 15) is 4.79 Å². The molecule has 2 rings (SSSR count). The Morgan fingerprint density at radius 3 is 2.61 bits per heavy atom. The van der Waals surface area contributed by atoms with Gasteiger partial charge in [-0.3, -0.25) is 4.79 Å². The number of Topliss-reactive ketones (excluding diaryl/α,β-unsaturated/α-hetero) is 1. The van der Waals surface area contributed by atoms with Gasteiger partial charge in [0.15, 0.2) is 5.78 Å². The SMILES string of the molecule is COc1cccc2c(C(C)=O)cc(C(C)C)nc12. The molecule has 0 saturated heterocycles. The van der Waals surface area contributed by atoms with Crippen molar-refractivity contribution < 1.29 is 9.53 Å². The molecule has 18 heavy (non-hydrogen) atoms. The molecule has 0 amide bonds. The van der Waals surface area contributed by atoms with E-state index >= 15 is 0 Å². The van der Waals surface area contributed by atoms with Crippen molar-refractivity contribution in [3.63, 3.8) is 0 Å². The lowest BCUT2D eigenvalue weighted by Gasteiger charge is -2.12. The fourth-order valence-electron chi connectivity index (χ4n) is 1.99. The summed E-state index contributed by atoms with van der Waals surface area (Å²) in [7, 11) is 1.62. The van der Waals surface area contributed by atoms with Crippen LogP contribution in [0, 0.1) is 0 Å². The molecular formula is C15H17NO2. The van der Waals surface area contributed by atoms with Crippen LogP contribution in [0.5, 0.6) is 5.75 Å². The lowest BCUT2D eigenvalue weighted by atomic mass is 10.0. The Bertz CT molecular complexity index is 603. The van der Waals surface area contributed by atoms with Gasteiger partial charge in [0.1, 0.15) is 11.3 Å². The number of nitrogens with zero attached hydrogens (tertiary/aromatic N) is 1. The molecule has 0 saturated carbocycles. The monoisotopic (exact) mass is 243 g/mol. The molecule has 0 aliphatic heterocycles.